The average molecular weight is 563 g/mol. The molecule has 41 heavy (non-hydrogen) atoms. The number of benzene rings is 2. The third-order valence-electron chi connectivity index (χ3n) is 7.16. The van der Waals surface area contributed by atoms with Gasteiger partial charge in [0.25, 0.3) is 0 Å². The molecular formula is C30H38N6O5. The number of H-pyrrole nitrogens is 1. The first-order chi connectivity index (χ1) is 19.5. The molecular weight excluding hydrogens is 524 g/mol. The van der Waals surface area contributed by atoms with E-state index in [1.807, 2.05) is 55.5 Å². The lowest BCUT2D eigenvalue weighted by Crippen LogP contribution is -2.57. The number of aliphatic hydroxyl groups excluding tert-OH is 1. The first kappa shape index (κ1) is 29.7. The van der Waals surface area contributed by atoms with Crippen molar-refractivity contribution < 1.29 is 24.5 Å². The van der Waals surface area contributed by atoms with Gasteiger partial charge in [-0.05, 0) is 67.7 Å². The number of nitrogens with zero attached hydrogens (tertiary/aromatic N) is 4. The molecule has 0 aliphatic carbocycles. The van der Waals surface area contributed by atoms with E-state index in [2.05, 4.69) is 25.9 Å². The van der Waals surface area contributed by atoms with Crippen molar-refractivity contribution in [3.8, 4) is 22.5 Å². The Bertz CT molecular complexity index is 1400. The number of nitrogens with one attached hydrogen (secondary N) is 2. The number of aliphatic hydroxyl groups is 1. The summed E-state index contributed by atoms with van der Waals surface area (Å²) in [5.74, 6) is -0.997. The molecule has 0 saturated carbocycles. The third kappa shape index (κ3) is 6.40. The minimum absolute atomic E-state index is 0.0323. The van der Waals surface area contributed by atoms with Gasteiger partial charge in [0, 0.05) is 12.1 Å². The van der Waals surface area contributed by atoms with Crippen molar-refractivity contribution in [1.82, 2.24) is 30.8 Å². The Hall–Kier alpha value is -4.25. The second kappa shape index (κ2) is 12.1. The molecule has 0 radical (unpaired) electrons. The lowest BCUT2D eigenvalue weighted by molar-refractivity contribution is -0.158. The van der Waals surface area contributed by atoms with Gasteiger partial charge in [0.1, 0.15) is 18.0 Å². The molecule has 0 amide bonds. The van der Waals surface area contributed by atoms with Crippen molar-refractivity contribution >= 4 is 11.9 Å². The lowest BCUT2D eigenvalue weighted by Gasteiger charge is -2.41. The zero-order valence-electron chi connectivity index (χ0n) is 24.1. The van der Waals surface area contributed by atoms with E-state index < -0.39 is 23.2 Å². The Morgan fingerprint density at radius 3 is 2.34 bits per heavy atom. The third-order valence-corrected chi connectivity index (χ3v) is 7.16. The number of carboxylic acid groups (broad SMARTS) is 1. The number of carbonyl (C=O) groups excluding carboxylic acids is 1. The van der Waals surface area contributed by atoms with E-state index in [0.717, 1.165) is 35.1 Å². The van der Waals surface area contributed by atoms with Crippen LogP contribution in [-0.4, -0.2) is 66.0 Å². The highest BCUT2D eigenvalue weighted by Gasteiger charge is 2.49. The summed E-state index contributed by atoms with van der Waals surface area (Å²) in [4.78, 5) is 27.1. The summed E-state index contributed by atoms with van der Waals surface area (Å²) in [6.07, 6.45) is 1.05. The Morgan fingerprint density at radius 2 is 1.78 bits per heavy atom. The van der Waals surface area contributed by atoms with E-state index in [4.69, 9.17) is 4.74 Å². The molecule has 0 saturated heterocycles. The number of hydrogen-bond acceptors (Lipinski definition) is 9. The monoisotopic (exact) mass is 562 g/mol. The number of aromatic amines is 1. The van der Waals surface area contributed by atoms with Crippen molar-refractivity contribution in [2.75, 3.05) is 6.61 Å². The van der Waals surface area contributed by atoms with Crippen LogP contribution >= 0.6 is 0 Å². The maximum absolute atomic E-state index is 12.8. The number of aromatic nitrogens is 4. The van der Waals surface area contributed by atoms with Crippen molar-refractivity contribution in [1.29, 1.82) is 0 Å². The first-order valence-corrected chi connectivity index (χ1v) is 13.8. The molecule has 1 aliphatic rings. The number of ether oxygens (including phenoxy) is 1. The van der Waals surface area contributed by atoms with Gasteiger partial charge in [0.05, 0.1) is 17.2 Å². The fraction of sp³-hybridized carbons (Fsp3) is 0.433. The van der Waals surface area contributed by atoms with Gasteiger partial charge in [-0.2, -0.15) is 0 Å². The number of tetrazole rings is 1. The highest BCUT2D eigenvalue weighted by molar-refractivity contribution is 5.88. The summed E-state index contributed by atoms with van der Waals surface area (Å²) in [6.45, 7) is 9.03. The number of carboxylic acids is 1. The van der Waals surface area contributed by atoms with E-state index in [9.17, 15) is 19.8 Å². The smallest absolute Gasteiger partial charge is 0.354 e. The number of aliphatic carboxylic acids is 1. The molecule has 0 bridgehead atoms. The molecule has 0 spiro atoms. The topological polar surface area (TPSA) is 154 Å². The van der Waals surface area contributed by atoms with Gasteiger partial charge in [0.15, 0.2) is 5.82 Å². The predicted molar refractivity (Wildman–Crippen MR) is 153 cm³/mol. The van der Waals surface area contributed by atoms with Gasteiger partial charge in [0.2, 0.25) is 0 Å². The van der Waals surface area contributed by atoms with Gasteiger partial charge in [-0.25, -0.2) is 9.89 Å². The van der Waals surface area contributed by atoms with Crippen LogP contribution in [-0.2, 0) is 20.9 Å². The molecule has 218 valence electrons. The molecule has 3 aromatic rings. The number of esters is 1. The minimum Gasteiger partial charge on any atom is -0.477 e. The molecule has 11 heteroatoms. The van der Waals surface area contributed by atoms with Gasteiger partial charge in [-0.3, -0.25) is 4.79 Å². The molecule has 11 nitrogen and oxygen atoms in total. The van der Waals surface area contributed by atoms with Gasteiger partial charge in [-0.15, -0.1) is 5.10 Å². The van der Waals surface area contributed by atoms with Crippen LogP contribution in [0.1, 0.15) is 59.4 Å². The van der Waals surface area contributed by atoms with Crippen LogP contribution in [0.15, 0.2) is 59.9 Å². The summed E-state index contributed by atoms with van der Waals surface area (Å²) in [6, 6.07) is 15.6. The Balaban J connectivity index is 1.70. The highest BCUT2D eigenvalue weighted by atomic mass is 16.5. The SMILES string of the molecule is CCCCC1(COC(=O)C(C)(C)C)NC(C(C)O)=C(C(=O)O)N1Cc1ccc(-c2ccccc2-c2nnn[nH]2)cc1. The summed E-state index contributed by atoms with van der Waals surface area (Å²) in [5, 5.41) is 38.3. The normalized spacial score (nSPS) is 17.9. The van der Waals surface area contributed by atoms with Gasteiger partial charge >= 0.3 is 11.9 Å². The van der Waals surface area contributed by atoms with Crippen molar-refractivity contribution in [3.05, 3.63) is 65.5 Å². The van der Waals surface area contributed by atoms with Crippen molar-refractivity contribution in [2.45, 2.75) is 72.2 Å². The number of rotatable bonds is 11. The van der Waals surface area contributed by atoms with Crippen LogP contribution in [0, 0.1) is 5.41 Å². The molecule has 4 N–H and O–H groups in total. The maximum atomic E-state index is 12.8. The molecule has 1 aliphatic heterocycles. The van der Waals surface area contributed by atoms with Crippen LogP contribution in [0.25, 0.3) is 22.5 Å². The molecule has 0 fully saturated rings. The second-order valence-electron chi connectivity index (χ2n) is 11.4. The Labute approximate surface area is 239 Å². The Kier molecular flexibility index (Phi) is 8.77. The van der Waals surface area contributed by atoms with Gasteiger partial charge in [-0.1, -0.05) is 61.9 Å². The van der Waals surface area contributed by atoms with Gasteiger partial charge < -0.3 is 25.2 Å². The van der Waals surface area contributed by atoms with Crippen molar-refractivity contribution in [2.24, 2.45) is 5.41 Å². The minimum atomic E-state index is -1.17. The maximum Gasteiger partial charge on any atom is 0.354 e. The molecule has 2 aromatic carbocycles. The van der Waals surface area contributed by atoms with Crippen LogP contribution < -0.4 is 5.32 Å². The molecule has 2 atom stereocenters. The van der Waals surface area contributed by atoms with E-state index in [1.165, 1.54) is 6.92 Å². The number of unbranched alkanes of at least 4 members (excludes halogenated alkanes) is 1. The van der Waals surface area contributed by atoms with E-state index in [-0.39, 0.29) is 30.5 Å². The van der Waals surface area contributed by atoms with Crippen LogP contribution in [0.3, 0.4) is 0 Å². The molecule has 2 heterocycles. The largest absolute Gasteiger partial charge is 0.477 e. The quantitative estimate of drug-likeness (QED) is 0.251. The van der Waals surface area contributed by atoms with Crippen LogP contribution in [0.2, 0.25) is 0 Å². The highest BCUT2D eigenvalue weighted by Crippen LogP contribution is 2.37. The van der Waals surface area contributed by atoms with E-state index in [1.54, 1.807) is 25.7 Å². The van der Waals surface area contributed by atoms with Crippen molar-refractivity contribution in [3.63, 3.8) is 0 Å². The number of hydrogen-bond donors (Lipinski definition) is 4. The zero-order chi connectivity index (χ0) is 29.8. The zero-order valence-corrected chi connectivity index (χ0v) is 24.1. The van der Waals surface area contributed by atoms with E-state index in [0.29, 0.717) is 12.2 Å². The average Bonchev–Trinajstić information content (AvgIpc) is 3.58. The second-order valence-corrected chi connectivity index (χ2v) is 11.4. The Morgan fingerprint density at radius 1 is 1.10 bits per heavy atom. The molecule has 1 aromatic heterocycles. The van der Waals surface area contributed by atoms with Crippen LogP contribution in [0.5, 0.6) is 0 Å². The lowest BCUT2D eigenvalue weighted by atomic mass is 9.96. The summed E-state index contributed by atoms with van der Waals surface area (Å²) in [7, 11) is 0. The van der Waals surface area contributed by atoms with Crippen LogP contribution in [0.4, 0.5) is 0 Å². The molecule has 2 unspecified atom stereocenters. The summed E-state index contributed by atoms with van der Waals surface area (Å²) in [5.41, 5.74) is 1.99. The molecule has 4 rings (SSSR count). The first-order valence-electron chi connectivity index (χ1n) is 13.8. The summed E-state index contributed by atoms with van der Waals surface area (Å²) >= 11 is 0. The fourth-order valence-corrected chi connectivity index (χ4v) is 4.94. The summed E-state index contributed by atoms with van der Waals surface area (Å²) < 4.78 is 5.78. The van der Waals surface area contributed by atoms with E-state index >= 15 is 0 Å². The fourth-order valence-electron chi connectivity index (χ4n) is 4.94. The number of carbonyl (C=O) groups is 2. The predicted octanol–water partition coefficient (Wildman–Crippen LogP) is 4.09. The standard InChI is InChI=1S/C30H38N6O5/c1-6-7-16-30(18-41-28(40)29(3,4)5)31-24(19(2)37)25(27(38)39)36(30)17-20-12-14-21(15-13-20)22-10-8-9-11-23(22)26-32-34-35-33-26/h8-15,19,31,37H,6-7,16-18H2,1-5H3,(H,38,39)(H,32,33,34,35).